The molecule has 0 aromatic heterocycles. The van der Waals surface area contributed by atoms with Gasteiger partial charge in [-0.2, -0.15) is 0 Å². The molecule has 116 valence electrons. The first-order valence-electron chi connectivity index (χ1n) is 6.45. The first-order chi connectivity index (χ1) is 10.6. The van der Waals surface area contributed by atoms with Crippen LogP contribution in [-0.4, -0.2) is 26.4 Å². The van der Waals surface area contributed by atoms with Crippen molar-refractivity contribution < 1.29 is 14.3 Å². The number of nitrogens with one attached hydrogen (secondary N) is 1. The Morgan fingerprint density at radius 1 is 1.09 bits per heavy atom. The molecule has 0 bridgehead atoms. The number of carbonyl (C=O) groups is 1. The third kappa shape index (κ3) is 3.87. The van der Waals surface area contributed by atoms with Crippen molar-refractivity contribution in [2.24, 2.45) is 0 Å². The molecule has 0 aliphatic carbocycles. The first-order valence-corrected chi connectivity index (χ1v) is 8.05. The summed E-state index contributed by atoms with van der Waals surface area (Å²) in [4.78, 5) is 13.4. The van der Waals surface area contributed by atoms with E-state index in [1.165, 1.54) is 0 Å². The van der Waals surface area contributed by atoms with Crippen molar-refractivity contribution >= 4 is 35.0 Å². The van der Waals surface area contributed by atoms with Crippen LogP contribution in [0.3, 0.4) is 0 Å². The van der Waals surface area contributed by atoms with Gasteiger partial charge in [0.2, 0.25) is 0 Å². The third-order valence-corrected chi connectivity index (χ3v) is 4.08. The van der Waals surface area contributed by atoms with E-state index in [0.717, 1.165) is 4.90 Å². The van der Waals surface area contributed by atoms with Gasteiger partial charge in [-0.15, -0.1) is 11.8 Å². The predicted molar refractivity (Wildman–Crippen MR) is 90.7 cm³/mol. The molecule has 6 heteroatoms. The highest BCUT2D eigenvalue weighted by Crippen LogP contribution is 2.28. The van der Waals surface area contributed by atoms with Crippen molar-refractivity contribution in [1.82, 2.24) is 0 Å². The lowest BCUT2D eigenvalue weighted by Gasteiger charge is -2.11. The number of carbonyl (C=O) groups excluding carboxylic acids is 1. The molecular weight excluding hydrogens is 322 g/mol. The van der Waals surface area contributed by atoms with Crippen LogP contribution in [0, 0.1) is 0 Å². The molecule has 2 rings (SSSR count). The van der Waals surface area contributed by atoms with Crippen LogP contribution in [0.4, 0.5) is 5.69 Å². The molecule has 1 amide bonds. The summed E-state index contributed by atoms with van der Waals surface area (Å²) in [5.74, 6) is 0.911. The molecule has 0 atom stereocenters. The van der Waals surface area contributed by atoms with Gasteiger partial charge in [0.1, 0.15) is 11.5 Å². The van der Waals surface area contributed by atoms with Crippen LogP contribution in [-0.2, 0) is 0 Å². The van der Waals surface area contributed by atoms with Gasteiger partial charge in [0.05, 0.1) is 24.8 Å². The minimum absolute atomic E-state index is 0.281. The van der Waals surface area contributed by atoms with Crippen LogP contribution in [0.25, 0.3) is 0 Å². The van der Waals surface area contributed by atoms with Crippen molar-refractivity contribution in [2.75, 3.05) is 25.8 Å². The first kappa shape index (κ1) is 16.5. The van der Waals surface area contributed by atoms with Crippen molar-refractivity contribution in [3.05, 3.63) is 47.0 Å². The van der Waals surface area contributed by atoms with Gasteiger partial charge in [-0.3, -0.25) is 4.79 Å². The van der Waals surface area contributed by atoms with E-state index in [0.29, 0.717) is 27.8 Å². The van der Waals surface area contributed by atoms with E-state index < -0.39 is 0 Å². The second-order valence-electron chi connectivity index (χ2n) is 4.40. The van der Waals surface area contributed by atoms with Gasteiger partial charge >= 0.3 is 0 Å². The highest BCUT2D eigenvalue weighted by Gasteiger charge is 2.13. The van der Waals surface area contributed by atoms with Crippen LogP contribution in [0.2, 0.25) is 5.02 Å². The number of hydrogen-bond donors (Lipinski definition) is 1. The maximum Gasteiger partial charge on any atom is 0.257 e. The molecule has 4 nitrogen and oxygen atoms in total. The zero-order chi connectivity index (χ0) is 16.1. The van der Waals surface area contributed by atoms with E-state index >= 15 is 0 Å². The van der Waals surface area contributed by atoms with Crippen molar-refractivity contribution in [1.29, 1.82) is 0 Å². The van der Waals surface area contributed by atoms with Crippen LogP contribution >= 0.6 is 23.4 Å². The smallest absolute Gasteiger partial charge is 0.257 e. The normalized spacial score (nSPS) is 10.2. The third-order valence-electron chi connectivity index (χ3n) is 3.03. The predicted octanol–water partition coefficient (Wildman–Crippen LogP) is 4.33. The molecule has 2 aromatic carbocycles. The highest BCUT2D eigenvalue weighted by atomic mass is 35.5. The standard InChI is InChI=1S/C16H16ClNO3S/c1-20-11-6-10(7-12(8-11)21-2)18-16(19)14-9-13(22-3)4-5-15(14)17/h4-9H,1-3H3,(H,18,19). The van der Waals surface area contributed by atoms with E-state index in [1.54, 1.807) is 56.3 Å². The molecule has 0 radical (unpaired) electrons. The lowest BCUT2D eigenvalue weighted by atomic mass is 10.2. The van der Waals surface area contributed by atoms with E-state index in [1.807, 2.05) is 12.3 Å². The number of ether oxygens (including phenoxy) is 2. The fourth-order valence-corrected chi connectivity index (χ4v) is 2.53. The number of hydrogen-bond acceptors (Lipinski definition) is 4. The van der Waals surface area contributed by atoms with Crippen LogP contribution in [0.5, 0.6) is 11.5 Å². The Morgan fingerprint density at radius 2 is 1.73 bits per heavy atom. The number of rotatable bonds is 5. The Balaban J connectivity index is 2.29. The SMILES string of the molecule is COc1cc(NC(=O)c2cc(SC)ccc2Cl)cc(OC)c1. The molecule has 0 heterocycles. The number of benzene rings is 2. The molecule has 0 saturated heterocycles. The number of methoxy groups -OCH3 is 2. The van der Waals surface area contributed by atoms with E-state index in [2.05, 4.69) is 5.32 Å². The lowest BCUT2D eigenvalue weighted by Crippen LogP contribution is -2.12. The summed E-state index contributed by atoms with van der Waals surface area (Å²) < 4.78 is 10.4. The van der Waals surface area contributed by atoms with Gasteiger partial charge in [0.15, 0.2) is 0 Å². The Kier molecular flexibility index (Phi) is 5.57. The summed E-state index contributed by atoms with van der Waals surface area (Å²) in [6.07, 6.45) is 1.94. The molecule has 22 heavy (non-hydrogen) atoms. The Labute approximate surface area is 138 Å². The molecule has 0 aliphatic heterocycles. The maximum atomic E-state index is 12.4. The second-order valence-corrected chi connectivity index (χ2v) is 5.69. The summed E-state index contributed by atoms with van der Waals surface area (Å²) in [6.45, 7) is 0. The van der Waals surface area contributed by atoms with Crippen LogP contribution < -0.4 is 14.8 Å². The number of halogens is 1. The Morgan fingerprint density at radius 3 is 2.27 bits per heavy atom. The molecule has 0 spiro atoms. The van der Waals surface area contributed by atoms with Gasteiger partial charge in [-0.25, -0.2) is 0 Å². The zero-order valence-corrected chi connectivity index (χ0v) is 14.0. The lowest BCUT2D eigenvalue weighted by molar-refractivity contribution is 0.102. The molecule has 0 fully saturated rings. The maximum absolute atomic E-state index is 12.4. The fourth-order valence-electron chi connectivity index (χ4n) is 1.88. The van der Waals surface area contributed by atoms with E-state index in [4.69, 9.17) is 21.1 Å². The van der Waals surface area contributed by atoms with Crippen molar-refractivity contribution in [2.45, 2.75) is 4.90 Å². The van der Waals surface area contributed by atoms with Gasteiger partial charge < -0.3 is 14.8 Å². The number of amides is 1. The average Bonchev–Trinajstić information content (AvgIpc) is 2.54. The molecule has 0 aliphatic rings. The van der Waals surface area contributed by atoms with Gasteiger partial charge in [0.25, 0.3) is 5.91 Å². The average molecular weight is 338 g/mol. The fraction of sp³-hybridized carbons (Fsp3) is 0.188. The zero-order valence-electron chi connectivity index (χ0n) is 12.5. The summed E-state index contributed by atoms with van der Waals surface area (Å²) in [5, 5.41) is 3.21. The number of thioether (sulfide) groups is 1. The summed E-state index contributed by atoms with van der Waals surface area (Å²) in [6, 6.07) is 10.5. The largest absolute Gasteiger partial charge is 0.497 e. The van der Waals surface area contributed by atoms with Crippen LogP contribution in [0.15, 0.2) is 41.3 Å². The van der Waals surface area contributed by atoms with E-state index in [-0.39, 0.29) is 5.91 Å². The van der Waals surface area contributed by atoms with Gasteiger partial charge in [-0.05, 0) is 24.5 Å². The second kappa shape index (κ2) is 7.42. The quantitative estimate of drug-likeness (QED) is 0.825. The van der Waals surface area contributed by atoms with Crippen molar-refractivity contribution in [3.63, 3.8) is 0 Å². The van der Waals surface area contributed by atoms with Gasteiger partial charge in [0, 0.05) is 28.8 Å². The van der Waals surface area contributed by atoms with Crippen LogP contribution in [0.1, 0.15) is 10.4 Å². The topological polar surface area (TPSA) is 47.6 Å². The summed E-state index contributed by atoms with van der Waals surface area (Å²) in [5.41, 5.74) is 1.00. The molecule has 0 saturated carbocycles. The molecule has 1 N–H and O–H groups in total. The molecular formula is C16H16ClNO3S. The van der Waals surface area contributed by atoms with Crippen molar-refractivity contribution in [3.8, 4) is 11.5 Å². The minimum Gasteiger partial charge on any atom is -0.497 e. The van der Waals surface area contributed by atoms with Gasteiger partial charge in [-0.1, -0.05) is 11.6 Å². The molecule has 2 aromatic rings. The Hall–Kier alpha value is -1.85. The molecule has 0 unspecified atom stereocenters. The summed E-state index contributed by atoms with van der Waals surface area (Å²) in [7, 11) is 3.11. The van der Waals surface area contributed by atoms with E-state index in [9.17, 15) is 4.79 Å². The highest BCUT2D eigenvalue weighted by molar-refractivity contribution is 7.98. The monoisotopic (exact) mass is 337 g/mol. The number of anilines is 1. The minimum atomic E-state index is -0.281. The summed E-state index contributed by atoms with van der Waals surface area (Å²) >= 11 is 7.66. The Bertz CT molecular complexity index is 669.